The van der Waals surface area contributed by atoms with E-state index in [4.69, 9.17) is 9.47 Å². The topological polar surface area (TPSA) is 124 Å². The van der Waals surface area contributed by atoms with E-state index in [-0.39, 0.29) is 23.4 Å². The number of halogens is 3. The molecule has 4 aromatic carbocycles. The number of alkyl halides is 3. The van der Waals surface area contributed by atoms with Gasteiger partial charge >= 0.3 is 12.2 Å². The lowest BCUT2D eigenvalue weighted by molar-refractivity contribution is -0.137. The number of imide groups is 1. The number of hydrogen-bond acceptors (Lipinski definition) is 7. The quantitative estimate of drug-likeness (QED) is 0.149. The number of thioether (sulfide) groups is 1. The number of rotatable bonds is 9. The number of carbonyl (C=O) groups excluding carboxylic acids is 3. The first-order valence-corrected chi connectivity index (χ1v) is 15.1. The molecule has 1 unspecified atom stereocenters. The van der Waals surface area contributed by atoms with Gasteiger partial charge in [-0.25, -0.2) is 9.78 Å². The molecule has 0 saturated carbocycles. The van der Waals surface area contributed by atoms with Crippen LogP contribution in [0.3, 0.4) is 0 Å². The smallest absolute Gasteiger partial charge is 0.416 e. The third kappa shape index (κ3) is 7.66. The highest BCUT2D eigenvalue weighted by atomic mass is 32.2. The molecule has 0 spiro atoms. The van der Waals surface area contributed by atoms with Gasteiger partial charge in [-0.15, -0.1) is 0 Å². The summed E-state index contributed by atoms with van der Waals surface area (Å²) in [5, 5.41) is 6.67. The van der Waals surface area contributed by atoms with E-state index in [9.17, 15) is 27.6 Å². The van der Waals surface area contributed by atoms with Gasteiger partial charge in [-0.3, -0.25) is 14.9 Å². The van der Waals surface area contributed by atoms with Crippen LogP contribution in [0, 0.1) is 0 Å². The molecule has 1 aromatic heterocycles. The lowest BCUT2D eigenvalue weighted by atomic mass is 10.1. The zero-order valence-corrected chi connectivity index (χ0v) is 25.4. The second-order valence-electron chi connectivity index (χ2n) is 10.5. The van der Waals surface area contributed by atoms with E-state index in [0.717, 1.165) is 40.5 Å². The van der Waals surface area contributed by atoms with E-state index in [0.29, 0.717) is 35.2 Å². The Hall–Kier alpha value is -5.50. The van der Waals surface area contributed by atoms with Gasteiger partial charge in [0.05, 0.1) is 21.8 Å². The number of amides is 4. The third-order valence-electron chi connectivity index (χ3n) is 7.24. The van der Waals surface area contributed by atoms with Gasteiger partial charge in [0.1, 0.15) is 29.7 Å². The molecule has 1 aliphatic rings. The lowest BCUT2D eigenvalue weighted by Gasteiger charge is -2.11. The van der Waals surface area contributed by atoms with E-state index in [1.54, 1.807) is 30.3 Å². The highest BCUT2D eigenvalue weighted by Crippen LogP contribution is 2.31. The molecule has 14 heteroatoms. The fourth-order valence-electron chi connectivity index (χ4n) is 4.80. The molecule has 2 heterocycles. The minimum absolute atomic E-state index is 0.219. The number of nitrogens with one attached hydrogen (secondary N) is 3. The Kier molecular flexibility index (Phi) is 8.76. The number of anilines is 2. The van der Waals surface area contributed by atoms with Gasteiger partial charge < -0.3 is 24.7 Å². The van der Waals surface area contributed by atoms with Crippen LogP contribution in [0.4, 0.5) is 34.1 Å². The molecule has 47 heavy (non-hydrogen) atoms. The second kappa shape index (κ2) is 13.1. The Bertz CT molecular complexity index is 1950. The molecule has 3 N–H and O–H groups in total. The number of carbonyl (C=O) groups is 3. The molecule has 5 aromatic rings. The Labute approximate surface area is 270 Å². The predicted molar refractivity (Wildman–Crippen MR) is 171 cm³/mol. The van der Waals surface area contributed by atoms with Crippen molar-refractivity contribution in [2.24, 2.45) is 7.05 Å². The number of imidazole rings is 1. The first-order valence-electron chi connectivity index (χ1n) is 14.2. The fraction of sp³-hybridized carbons (Fsp3) is 0.152. The van der Waals surface area contributed by atoms with E-state index in [1.165, 1.54) is 12.1 Å². The standard InChI is InChI=1S/C33H26F3N5O5S/c1-41-27-17-25(46-24-12-8-22(9-13-24)38-31(43)37-21-6-4-20(5-7-21)33(34,35)36)14-15-26(27)39-29(41)18-45-23-10-2-19(3-11-23)16-28-30(42)40-32(44)47-28/h2-15,17,28H,16,18H2,1H3,(H2,37,38,43)(H,40,42,44). The summed E-state index contributed by atoms with van der Waals surface area (Å²) in [4.78, 5) is 40.2. The van der Waals surface area contributed by atoms with Gasteiger partial charge in [-0.2, -0.15) is 13.2 Å². The highest BCUT2D eigenvalue weighted by molar-refractivity contribution is 8.15. The fourth-order valence-corrected chi connectivity index (χ4v) is 5.66. The van der Waals surface area contributed by atoms with Crippen LogP contribution in [-0.4, -0.2) is 32.0 Å². The summed E-state index contributed by atoms with van der Waals surface area (Å²) in [5.41, 5.74) is 2.38. The van der Waals surface area contributed by atoms with E-state index in [1.807, 2.05) is 48.0 Å². The first kappa shape index (κ1) is 31.5. The molecular weight excluding hydrogens is 635 g/mol. The van der Waals surface area contributed by atoms with Crippen molar-refractivity contribution < 1.29 is 37.0 Å². The molecule has 1 aliphatic heterocycles. The number of fused-ring (bicyclic) bond motifs is 1. The van der Waals surface area contributed by atoms with Gasteiger partial charge in [-0.05, 0) is 84.8 Å². The van der Waals surface area contributed by atoms with E-state index >= 15 is 0 Å². The summed E-state index contributed by atoms with van der Waals surface area (Å²) in [6.45, 7) is 0.219. The molecule has 0 radical (unpaired) electrons. The average molecular weight is 662 g/mol. The van der Waals surface area contributed by atoms with Gasteiger partial charge in [0.15, 0.2) is 0 Å². The van der Waals surface area contributed by atoms with Crippen molar-refractivity contribution >= 4 is 51.3 Å². The number of aromatic nitrogens is 2. The molecule has 4 amide bonds. The molecule has 0 aliphatic carbocycles. The normalized spacial score (nSPS) is 14.6. The van der Waals surface area contributed by atoms with Crippen molar-refractivity contribution in [3.05, 3.63) is 108 Å². The largest absolute Gasteiger partial charge is 0.486 e. The average Bonchev–Trinajstić information content (AvgIpc) is 3.53. The van der Waals surface area contributed by atoms with E-state index in [2.05, 4.69) is 20.9 Å². The van der Waals surface area contributed by atoms with Crippen molar-refractivity contribution in [3.63, 3.8) is 0 Å². The lowest BCUT2D eigenvalue weighted by Crippen LogP contribution is -2.25. The van der Waals surface area contributed by atoms with E-state index < -0.39 is 23.0 Å². The molecule has 6 rings (SSSR count). The number of urea groups is 1. The highest BCUT2D eigenvalue weighted by Gasteiger charge is 2.31. The molecular formula is C33H26F3N5O5S. The van der Waals surface area contributed by atoms with Crippen LogP contribution in [-0.2, 0) is 31.0 Å². The number of hydrogen-bond donors (Lipinski definition) is 3. The van der Waals surface area contributed by atoms with Crippen molar-refractivity contribution in [2.75, 3.05) is 10.6 Å². The summed E-state index contributed by atoms with van der Waals surface area (Å²) >= 11 is 0.998. The van der Waals surface area contributed by atoms with Gasteiger partial charge in [0.25, 0.3) is 5.24 Å². The van der Waals surface area contributed by atoms with Crippen LogP contribution in [0.25, 0.3) is 11.0 Å². The second-order valence-corrected chi connectivity index (χ2v) is 11.7. The van der Waals surface area contributed by atoms with Crippen molar-refractivity contribution in [3.8, 4) is 17.2 Å². The Morgan fingerprint density at radius 2 is 1.51 bits per heavy atom. The number of aryl methyl sites for hydroxylation is 1. The Morgan fingerprint density at radius 3 is 2.13 bits per heavy atom. The van der Waals surface area contributed by atoms with Gasteiger partial charge in [0, 0.05) is 24.5 Å². The maximum Gasteiger partial charge on any atom is 0.416 e. The predicted octanol–water partition coefficient (Wildman–Crippen LogP) is 7.50. The van der Waals surface area contributed by atoms with Crippen LogP contribution in [0.5, 0.6) is 17.2 Å². The number of nitrogens with zero attached hydrogens (tertiary/aromatic N) is 2. The van der Waals surface area contributed by atoms with Crippen molar-refractivity contribution in [1.29, 1.82) is 0 Å². The van der Waals surface area contributed by atoms with Crippen LogP contribution in [0.1, 0.15) is 17.0 Å². The Balaban J connectivity index is 1.02. The first-order chi connectivity index (χ1) is 22.5. The number of ether oxygens (including phenoxy) is 2. The molecule has 1 atom stereocenters. The zero-order chi connectivity index (χ0) is 33.1. The van der Waals surface area contributed by atoms with Gasteiger partial charge in [-0.1, -0.05) is 23.9 Å². The third-order valence-corrected chi connectivity index (χ3v) is 8.22. The summed E-state index contributed by atoms with van der Waals surface area (Å²) in [6.07, 6.45) is -4.00. The van der Waals surface area contributed by atoms with Crippen LogP contribution in [0.2, 0.25) is 0 Å². The molecule has 1 saturated heterocycles. The summed E-state index contributed by atoms with van der Waals surface area (Å²) in [5.74, 6) is 2.15. The summed E-state index contributed by atoms with van der Waals surface area (Å²) < 4.78 is 52.1. The van der Waals surface area contributed by atoms with Crippen LogP contribution < -0.4 is 25.4 Å². The number of benzene rings is 4. The maximum atomic E-state index is 12.7. The maximum absolute atomic E-state index is 12.7. The summed E-state index contributed by atoms with van der Waals surface area (Å²) in [7, 11) is 1.88. The molecule has 240 valence electrons. The monoisotopic (exact) mass is 661 g/mol. The van der Waals surface area contributed by atoms with Crippen molar-refractivity contribution in [1.82, 2.24) is 14.9 Å². The van der Waals surface area contributed by atoms with Gasteiger partial charge in [0.2, 0.25) is 5.91 Å². The zero-order valence-electron chi connectivity index (χ0n) is 24.6. The molecule has 10 nitrogen and oxygen atoms in total. The SMILES string of the molecule is Cn1c(COc2ccc(CC3SC(=O)NC3=O)cc2)nc2ccc(Oc3ccc(NC(=O)Nc4ccc(C(F)(F)F)cc4)cc3)cc21. The minimum Gasteiger partial charge on any atom is -0.486 e. The molecule has 1 fully saturated rings. The molecule has 0 bridgehead atoms. The van der Waals surface area contributed by atoms with Crippen LogP contribution in [0.15, 0.2) is 91.0 Å². The summed E-state index contributed by atoms with van der Waals surface area (Å²) in [6, 6.07) is 23.0. The Morgan fingerprint density at radius 1 is 0.894 bits per heavy atom. The van der Waals surface area contributed by atoms with Crippen LogP contribution >= 0.6 is 11.8 Å². The minimum atomic E-state index is -4.45. The van der Waals surface area contributed by atoms with Crippen molar-refractivity contribution in [2.45, 2.75) is 24.5 Å².